The quantitative estimate of drug-likeness (QED) is 0.584. The SMILES string of the molecule is CC(N)CSC(C)C(=O)NC(N)=O. The largest absolute Gasteiger partial charge is 0.351 e. The van der Waals surface area contributed by atoms with Crippen LogP contribution in [0.25, 0.3) is 0 Å². The van der Waals surface area contributed by atoms with Gasteiger partial charge in [0.2, 0.25) is 5.91 Å². The second-order valence-electron chi connectivity index (χ2n) is 2.81. The molecule has 5 nitrogen and oxygen atoms in total. The van der Waals surface area contributed by atoms with Crippen molar-refractivity contribution in [1.82, 2.24) is 5.32 Å². The van der Waals surface area contributed by atoms with E-state index in [0.717, 1.165) is 0 Å². The minimum atomic E-state index is -0.821. The van der Waals surface area contributed by atoms with Crippen LogP contribution in [0.1, 0.15) is 13.8 Å². The Morgan fingerprint density at radius 3 is 2.38 bits per heavy atom. The van der Waals surface area contributed by atoms with E-state index in [1.54, 1.807) is 6.92 Å². The predicted molar refractivity (Wildman–Crippen MR) is 53.3 cm³/mol. The highest BCUT2D eigenvalue weighted by Gasteiger charge is 2.14. The minimum absolute atomic E-state index is 0.0360. The standard InChI is InChI=1S/C7H15N3O2S/c1-4(8)3-13-5(2)6(11)10-7(9)12/h4-5H,3,8H2,1-2H3,(H3,9,10,11,12). The highest BCUT2D eigenvalue weighted by molar-refractivity contribution is 8.00. The van der Waals surface area contributed by atoms with Gasteiger partial charge in [-0.1, -0.05) is 0 Å². The number of hydrogen-bond donors (Lipinski definition) is 3. The van der Waals surface area contributed by atoms with E-state index in [4.69, 9.17) is 11.5 Å². The number of carbonyl (C=O) groups is 2. The highest BCUT2D eigenvalue weighted by Crippen LogP contribution is 2.10. The molecule has 0 bridgehead atoms. The third kappa shape index (κ3) is 6.41. The summed E-state index contributed by atoms with van der Waals surface area (Å²) in [4.78, 5) is 21.4. The molecule has 0 spiro atoms. The second kappa shape index (κ2) is 5.82. The molecule has 0 aromatic carbocycles. The van der Waals surface area contributed by atoms with Gasteiger partial charge in [0.15, 0.2) is 0 Å². The van der Waals surface area contributed by atoms with Crippen LogP contribution in [-0.4, -0.2) is 29.0 Å². The van der Waals surface area contributed by atoms with Crippen LogP contribution in [-0.2, 0) is 4.79 Å². The van der Waals surface area contributed by atoms with Crippen LogP contribution in [0.5, 0.6) is 0 Å². The summed E-state index contributed by atoms with van der Waals surface area (Å²) in [6, 6.07) is -0.785. The molecule has 0 aliphatic rings. The number of carbonyl (C=O) groups excluding carboxylic acids is 2. The summed E-state index contributed by atoms with van der Waals surface area (Å²) in [5.74, 6) is 0.297. The van der Waals surface area contributed by atoms with Gasteiger partial charge in [0.25, 0.3) is 0 Å². The van der Waals surface area contributed by atoms with Gasteiger partial charge in [0.05, 0.1) is 5.25 Å². The van der Waals surface area contributed by atoms with Crippen molar-refractivity contribution in [2.24, 2.45) is 11.5 Å². The summed E-state index contributed by atoms with van der Waals surface area (Å²) < 4.78 is 0. The van der Waals surface area contributed by atoms with Crippen molar-refractivity contribution >= 4 is 23.7 Å². The van der Waals surface area contributed by atoms with Crippen LogP contribution in [0.4, 0.5) is 4.79 Å². The van der Waals surface area contributed by atoms with E-state index < -0.39 is 6.03 Å². The normalized spacial score (nSPS) is 14.7. The molecular formula is C7H15N3O2S. The Morgan fingerprint density at radius 2 is 2.00 bits per heavy atom. The molecule has 0 heterocycles. The van der Waals surface area contributed by atoms with E-state index in [9.17, 15) is 9.59 Å². The smallest absolute Gasteiger partial charge is 0.318 e. The van der Waals surface area contributed by atoms with E-state index >= 15 is 0 Å². The first-order chi connectivity index (χ1) is 5.93. The van der Waals surface area contributed by atoms with E-state index in [2.05, 4.69) is 0 Å². The molecule has 13 heavy (non-hydrogen) atoms. The number of nitrogens with one attached hydrogen (secondary N) is 1. The fourth-order valence-corrected chi connectivity index (χ4v) is 1.40. The number of nitrogens with two attached hydrogens (primary N) is 2. The fourth-order valence-electron chi connectivity index (χ4n) is 0.595. The Bertz CT molecular complexity index is 196. The Hall–Kier alpha value is -0.750. The summed E-state index contributed by atoms with van der Waals surface area (Å²) in [6.07, 6.45) is 0. The van der Waals surface area contributed by atoms with Gasteiger partial charge in [-0.05, 0) is 13.8 Å². The number of imide groups is 1. The molecule has 0 aromatic rings. The Morgan fingerprint density at radius 1 is 1.46 bits per heavy atom. The molecule has 5 N–H and O–H groups in total. The molecule has 0 aromatic heterocycles. The van der Waals surface area contributed by atoms with Crippen LogP contribution >= 0.6 is 11.8 Å². The second-order valence-corrected chi connectivity index (χ2v) is 4.18. The van der Waals surface area contributed by atoms with E-state index in [1.807, 2.05) is 12.2 Å². The average molecular weight is 205 g/mol. The number of rotatable bonds is 4. The van der Waals surface area contributed by atoms with Gasteiger partial charge >= 0.3 is 6.03 Å². The molecule has 0 radical (unpaired) electrons. The Labute approximate surface area is 81.6 Å². The molecule has 2 atom stereocenters. The van der Waals surface area contributed by atoms with Crippen LogP contribution < -0.4 is 16.8 Å². The topological polar surface area (TPSA) is 98.2 Å². The lowest BCUT2D eigenvalue weighted by Gasteiger charge is -2.11. The first-order valence-corrected chi connectivity index (χ1v) is 4.96. The predicted octanol–water partition coefficient (Wildman–Crippen LogP) is -0.350. The van der Waals surface area contributed by atoms with E-state index in [0.29, 0.717) is 5.75 Å². The first-order valence-electron chi connectivity index (χ1n) is 3.91. The van der Waals surface area contributed by atoms with E-state index in [1.165, 1.54) is 11.8 Å². The van der Waals surface area contributed by atoms with Gasteiger partial charge in [0.1, 0.15) is 0 Å². The lowest BCUT2D eigenvalue weighted by Crippen LogP contribution is -2.39. The third-order valence-corrected chi connectivity index (χ3v) is 2.66. The van der Waals surface area contributed by atoms with Gasteiger partial charge in [-0.25, -0.2) is 4.79 Å². The molecule has 3 amide bonds. The van der Waals surface area contributed by atoms with Crippen molar-refractivity contribution in [3.63, 3.8) is 0 Å². The molecule has 0 aliphatic carbocycles. The van der Waals surface area contributed by atoms with Crippen molar-refractivity contribution < 1.29 is 9.59 Å². The molecule has 0 saturated carbocycles. The van der Waals surface area contributed by atoms with Crippen LogP contribution in [0.15, 0.2) is 0 Å². The number of urea groups is 1. The lowest BCUT2D eigenvalue weighted by atomic mass is 10.4. The molecule has 0 rings (SSSR count). The lowest BCUT2D eigenvalue weighted by molar-refractivity contribution is -0.119. The zero-order chi connectivity index (χ0) is 10.4. The number of thioether (sulfide) groups is 1. The molecule has 0 fully saturated rings. The van der Waals surface area contributed by atoms with Gasteiger partial charge in [-0.2, -0.15) is 0 Å². The van der Waals surface area contributed by atoms with Gasteiger partial charge in [-0.15, -0.1) is 11.8 Å². The van der Waals surface area contributed by atoms with Gasteiger partial charge in [-0.3, -0.25) is 10.1 Å². The van der Waals surface area contributed by atoms with Crippen molar-refractivity contribution in [2.45, 2.75) is 25.1 Å². The van der Waals surface area contributed by atoms with Crippen molar-refractivity contribution in [1.29, 1.82) is 0 Å². The third-order valence-electron chi connectivity index (χ3n) is 1.22. The van der Waals surface area contributed by atoms with Crippen LogP contribution in [0.2, 0.25) is 0 Å². The number of hydrogen-bond acceptors (Lipinski definition) is 4. The maximum absolute atomic E-state index is 11.1. The molecule has 6 heteroatoms. The monoisotopic (exact) mass is 205 g/mol. The highest BCUT2D eigenvalue weighted by atomic mass is 32.2. The average Bonchev–Trinajstić information content (AvgIpc) is 1.98. The molecule has 0 saturated heterocycles. The summed E-state index contributed by atoms with van der Waals surface area (Å²) in [7, 11) is 0. The van der Waals surface area contributed by atoms with Gasteiger partial charge < -0.3 is 11.5 Å². The van der Waals surface area contributed by atoms with Gasteiger partial charge in [0, 0.05) is 11.8 Å². The maximum atomic E-state index is 11.1. The van der Waals surface area contributed by atoms with Crippen molar-refractivity contribution in [2.75, 3.05) is 5.75 Å². The Balaban J connectivity index is 3.76. The summed E-state index contributed by atoms with van der Waals surface area (Å²) in [5, 5.41) is 1.70. The molecule has 2 unspecified atom stereocenters. The molecule has 0 aliphatic heterocycles. The summed E-state index contributed by atoms with van der Waals surface area (Å²) in [5.41, 5.74) is 10.3. The zero-order valence-electron chi connectivity index (χ0n) is 7.74. The molecular weight excluding hydrogens is 190 g/mol. The van der Waals surface area contributed by atoms with Crippen LogP contribution in [0, 0.1) is 0 Å². The first kappa shape index (κ1) is 12.2. The fraction of sp³-hybridized carbons (Fsp3) is 0.714. The minimum Gasteiger partial charge on any atom is -0.351 e. The number of amides is 3. The van der Waals surface area contributed by atoms with Crippen LogP contribution in [0.3, 0.4) is 0 Å². The summed E-state index contributed by atoms with van der Waals surface area (Å²) >= 11 is 1.39. The van der Waals surface area contributed by atoms with Crippen molar-refractivity contribution in [3.05, 3.63) is 0 Å². The molecule has 76 valence electrons. The zero-order valence-corrected chi connectivity index (χ0v) is 8.56. The van der Waals surface area contributed by atoms with Crippen molar-refractivity contribution in [3.8, 4) is 0 Å². The summed E-state index contributed by atoms with van der Waals surface area (Å²) in [6.45, 7) is 3.55. The Kier molecular flexibility index (Phi) is 5.48. The maximum Gasteiger partial charge on any atom is 0.318 e. The number of primary amides is 1. The van der Waals surface area contributed by atoms with E-state index in [-0.39, 0.29) is 17.2 Å².